The van der Waals surface area contributed by atoms with Crippen molar-refractivity contribution in [2.45, 2.75) is 48.6 Å². The van der Waals surface area contributed by atoms with E-state index >= 15 is 0 Å². The number of allylic oxidation sites excluding steroid dienone is 2. The number of halogens is 5. The minimum atomic E-state index is -4.93. The number of likely N-dealkylation sites (N-methyl/N-ethyl adjacent to an activating group) is 1. The minimum absolute atomic E-state index is 0.0618. The molecule has 0 bridgehead atoms. The summed E-state index contributed by atoms with van der Waals surface area (Å²) in [6.07, 6.45) is -3.37. The molecule has 1 aromatic rings. The van der Waals surface area contributed by atoms with Gasteiger partial charge in [-0.15, -0.1) is 11.8 Å². The fourth-order valence-corrected chi connectivity index (χ4v) is 4.71. The number of alkyl halides is 3. The highest BCUT2D eigenvalue weighted by molar-refractivity contribution is 8.00. The van der Waals surface area contributed by atoms with Gasteiger partial charge in [-0.25, -0.2) is 4.39 Å². The molecule has 1 amide bonds. The predicted octanol–water partition coefficient (Wildman–Crippen LogP) is 4.47. The molecule has 2 aliphatic rings. The summed E-state index contributed by atoms with van der Waals surface area (Å²) in [6, 6.07) is 2.10. The van der Waals surface area contributed by atoms with E-state index in [-0.39, 0.29) is 45.5 Å². The molecule has 2 atom stereocenters. The third-order valence-electron chi connectivity index (χ3n) is 5.35. The van der Waals surface area contributed by atoms with Crippen LogP contribution in [0, 0.1) is 5.82 Å². The fraction of sp³-hybridized carbons (Fsp3) is 0.391. The summed E-state index contributed by atoms with van der Waals surface area (Å²) < 4.78 is 64.0. The minimum Gasteiger partial charge on any atom is -0.461 e. The molecule has 0 N–H and O–H groups in total. The van der Waals surface area contributed by atoms with Crippen LogP contribution in [0.15, 0.2) is 34.4 Å². The molecule has 1 saturated heterocycles. The van der Waals surface area contributed by atoms with Gasteiger partial charge in [-0.05, 0) is 31.1 Å². The Morgan fingerprint density at radius 1 is 1.33 bits per heavy atom. The van der Waals surface area contributed by atoms with E-state index < -0.39 is 52.3 Å². The van der Waals surface area contributed by atoms with Crippen molar-refractivity contribution in [3.63, 3.8) is 0 Å². The van der Waals surface area contributed by atoms with Gasteiger partial charge >= 0.3 is 18.1 Å². The van der Waals surface area contributed by atoms with Crippen LogP contribution in [0.2, 0.25) is 5.02 Å². The zero-order chi connectivity index (χ0) is 26.8. The number of rotatable bonds is 7. The van der Waals surface area contributed by atoms with Crippen molar-refractivity contribution in [2.24, 2.45) is 0 Å². The average molecular weight is 550 g/mol. The Labute approximate surface area is 212 Å². The van der Waals surface area contributed by atoms with Crippen LogP contribution < -0.4 is 0 Å². The average Bonchev–Trinajstić information content (AvgIpc) is 3.22. The Hall–Kier alpha value is -2.86. The number of cyclic esters (lactones) is 1. The molecule has 0 aromatic heterocycles. The molecule has 0 aliphatic carbocycles. The molecule has 3 rings (SSSR count). The number of hydrogen-bond acceptors (Lipinski definition) is 7. The van der Waals surface area contributed by atoms with Gasteiger partial charge in [0.25, 0.3) is 5.91 Å². The van der Waals surface area contributed by atoms with Gasteiger partial charge in [0.2, 0.25) is 0 Å². The summed E-state index contributed by atoms with van der Waals surface area (Å²) in [5.41, 5.74) is -2.38. The van der Waals surface area contributed by atoms with Gasteiger partial charge in [0.05, 0.1) is 10.6 Å². The Bertz CT molecular complexity index is 1170. The van der Waals surface area contributed by atoms with Crippen molar-refractivity contribution in [3.8, 4) is 0 Å². The quantitative estimate of drug-likeness (QED) is 0.163. The molecule has 194 valence electrons. The molecule has 2 aliphatic heterocycles. The van der Waals surface area contributed by atoms with Gasteiger partial charge in [-0.3, -0.25) is 19.2 Å². The maximum Gasteiger partial charge on any atom is 0.431 e. The maximum atomic E-state index is 14.6. The second-order valence-corrected chi connectivity index (χ2v) is 9.57. The number of ketones is 1. The van der Waals surface area contributed by atoms with Gasteiger partial charge in [-0.2, -0.15) is 13.2 Å². The molecule has 0 saturated carbocycles. The molecule has 36 heavy (non-hydrogen) atoms. The summed E-state index contributed by atoms with van der Waals surface area (Å²) in [5.74, 6) is -4.39. The molecule has 0 spiro atoms. The smallest absolute Gasteiger partial charge is 0.431 e. The number of ether oxygens (including phenoxy) is 2. The molecule has 0 radical (unpaired) electrons. The molecular formula is C23H20ClF4NO6S. The molecule has 2 unspecified atom stereocenters. The Kier molecular flexibility index (Phi) is 8.50. The number of thioether (sulfide) groups is 1. The maximum absolute atomic E-state index is 14.6. The van der Waals surface area contributed by atoms with E-state index in [0.717, 1.165) is 31.0 Å². The SMILES string of the molecule is CCC(Sc1cc(/C=C2/C(=O)C=C(C(F)(F)F)N(C)C2=O)c(F)cc1Cl)C(=O)OCC1CCC(=O)O1. The predicted molar refractivity (Wildman–Crippen MR) is 121 cm³/mol. The third kappa shape index (κ3) is 6.28. The second-order valence-electron chi connectivity index (χ2n) is 7.91. The van der Waals surface area contributed by atoms with Crippen molar-refractivity contribution in [1.29, 1.82) is 0 Å². The van der Waals surface area contributed by atoms with E-state index in [9.17, 15) is 36.7 Å². The monoisotopic (exact) mass is 549 g/mol. The lowest BCUT2D eigenvalue weighted by molar-refractivity contribution is -0.152. The van der Waals surface area contributed by atoms with Gasteiger partial charge in [0.15, 0.2) is 5.78 Å². The largest absolute Gasteiger partial charge is 0.461 e. The van der Waals surface area contributed by atoms with Crippen molar-refractivity contribution in [2.75, 3.05) is 13.7 Å². The molecule has 13 heteroatoms. The molecular weight excluding hydrogens is 530 g/mol. The first-order valence-electron chi connectivity index (χ1n) is 10.7. The highest BCUT2D eigenvalue weighted by atomic mass is 35.5. The van der Waals surface area contributed by atoms with E-state index in [1.807, 2.05) is 0 Å². The lowest BCUT2D eigenvalue weighted by Crippen LogP contribution is -2.40. The number of hydrogen-bond donors (Lipinski definition) is 0. The summed E-state index contributed by atoms with van der Waals surface area (Å²) in [5, 5.41) is -0.833. The Morgan fingerprint density at radius 3 is 2.61 bits per heavy atom. The standard InChI is InChI=1S/C23H20ClF4NO6S/c1-3-17(22(33)34-10-12-4-5-20(31)35-12)36-18-7-11(15(25)8-14(18)24)6-13-16(30)9-19(23(26,27)28)29(2)21(13)32/h6-9,12,17H,3-5,10H2,1-2H3/b13-6-. The van der Waals surface area contributed by atoms with Gasteiger partial charge in [0.1, 0.15) is 29.5 Å². The molecule has 7 nitrogen and oxygen atoms in total. The summed E-state index contributed by atoms with van der Waals surface area (Å²) >= 11 is 7.07. The molecule has 2 heterocycles. The number of benzene rings is 1. The van der Waals surface area contributed by atoms with Crippen LogP contribution in [0.3, 0.4) is 0 Å². The van der Waals surface area contributed by atoms with E-state index in [2.05, 4.69) is 0 Å². The van der Waals surface area contributed by atoms with Crippen LogP contribution in [-0.2, 0) is 28.7 Å². The highest BCUT2D eigenvalue weighted by Gasteiger charge is 2.43. The highest BCUT2D eigenvalue weighted by Crippen LogP contribution is 2.36. The van der Waals surface area contributed by atoms with Crippen LogP contribution in [0.5, 0.6) is 0 Å². The lowest BCUT2D eigenvalue weighted by atomic mass is 10.0. The first kappa shape index (κ1) is 27.7. The first-order valence-corrected chi connectivity index (χ1v) is 11.9. The molecule has 1 fully saturated rings. The number of esters is 2. The van der Waals surface area contributed by atoms with Crippen molar-refractivity contribution in [3.05, 3.63) is 45.9 Å². The van der Waals surface area contributed by atoms with E-state index in [1.165, 1.54) is 6.07 Å². The summed E-state index contributed by atoms with van der Waals surface area (Å²) in [4.78, 5) is 48.9. The zero-order valence-corrected chi connectivity index (χ0v) is 20.6. The fourth-order valence-electron chi connectivity index (χ4n) is 3.42. The topological polar surface area (TPSA) is 90.0 Å². The van der Waals surface area contributed by atoms with Crippen molar-refractivity contribution in [1.82, 2.24) is 4.90 Å². The first-order chi connectivity index (χ1) is 16.8. The number of carbonyl (C=O) groups is 4. The van der Waals surface area contributed by atoms with Crippen LogP contribution in [0.25, 0.3) is 6.08 Å². The van der Waals surface area contributed by atoms with E-state index in [4.69, 9.17) is 21.1 Å². The van der Waals surface area contributed by atoms with Crippen molar-refractivity contribution >= 4 is 53.1 Å². The second kappa shape index (κ2) is 11.0. The number of amides is 1. The zero-order valence-electron chi connectivity index (χ0n) is 19.0. The van der Waals surface area contributed by atoms with Crippen molar-refractivity contribution < 1.29 is 46.2 Å². The van der Waals surface area contributed by atoms with Crippen LogP contribution >= 0.6 is 23.4 Å². The summed E-state index contributed by atoms with van der Waals surface area (Å²) in [7, 11) is 0.853. The molecule has 1 aromatic carbocycles. The van der Waals surface area contributed by atoms with Crippen LogP contribution in [0.1, 0.15) is 31.7 Å². The third-order valence-corrected chi connectivity index (χ3v) is 7.18. The van der Waals surface area contributed by atoms with E-state index in [0.29, 0.717) is 12.8 Å². The Balaban J connectivity index is 1.82. The lowest BCUT2D eigenvalue weighted by Gasteiger charge is -2.26. The van der Waals surface area contributed by atoms with Gasteiger partial charge in [-0.1, -0.05) is 18.5 Å². The normalized spacial score (nSPS) is 20.5. The van der Waals surface area contributed by atoms with Crippen LogP contribution in [-0.4, -0.2) is 59.7 Å². The Morgan fingerprint density at radius 2 is 2.03 bits per heavy atom. The van der Waals surface area contributed by atoms with Crippen LogP contribution in [0.4, 0.5) is 17.6 Å². The van der Waals surface area contributed by atoms with Gasteiger partial charge < -0.3 is 14.4 Å². The number of nitrogens with zero attached hydrogens (tertiary/aromatic N) is 1. The van der Waals surface area contributed by atoms with E-state index in [1.54, 1.807) is 6.92 Å². The number of carbonyl (C=O) groups excluding carboxylic acids is 4. The summed E-state index contributed by atoms with van der Waals surface area (Å²) in [6.45, 7) is 1.59. The van der Waals surface area contributed by atoms with Gasteiger partial charge in [0, 0.05) is 30.0 Å².